The van der Waals surface area contributed by atoms with Gasteiger partial charge in [-0.2, -0.15) is 0 Å². The SMILES string of the molecule is O=C1OC[C@H]2CC=C[C@@H](c3ccccc3)[C@@H]12. The zero-order chi connectivity index (χ0) is 11.0. The number of benzene rings is 1. The van der Waals surface area contributed by atoms with Crippen LogP contribution >= 0.6 is 0 Å². The van der Waals surface area contributed by atoms with Crippen LogP contribution in [0.15, 0.2) is 42.5 Å². The first-order valence-electron chi connectivity index (χ1n) is 5.74. The number of carbonyl (C=O) groups is 1. The highest BCUT2D eigenvalue weighted by atomic mass is 16.5. The van der Waals surface area contributed by atoms with Crippen LogP contribution in [-0.4, -0.2) is 12.6 Å². The molecule has 1 aliphatic carbocycles. The molecule has 0 spiro atoms. The Morgan fingerprint density at radius 1 is 1.19 bits per heavy atom. The summed E-state index contributed by atoms with van der Waals surface area (Å²) in [5.74, 6) is 0.591. The summed E-state index contributed by atoms with van der Waals surface area (Å²) >= 11 is 0. The van der Waals surface area contributed by atoms with Gasteiger partial charge in [-0.25, -0.2) is 0 Å². The van der Waals surface area contributed by atoms with E-state index in [4.69, 9.17) is 4.74 Å². The summed E-state index contributed by atoms with van der Waals surface area (Å²) in [5, 5.41) is 0. The summed E-state index contributed by atoms with van der Waals surface area (Å²) in [5.41, 5.74) is 1.22. The Morgan fingerprint density at radius 3 is 2.81 bits per heavy atom. The average molecular weight is 214 g/mol. The second-order valence-electron chi connectivity index (χ2n) is 4.52. The molecule has 0 unspecified atom stereocenters. The van der Waals surface area contributed by atoms with E-state index in [1.807, 2.05) is 18.2 Å². The van der Waals surface area contributed by atoms with Gasteiger partial charge in [0, 0.05) is 11.8 Å². The van der Waals surface area contributed by atoms with Gasteiger partial charge in [0.2, 0.25) is 0 Å². The fourth-order valence-corrected chi connectivity index (χ4v) is 2.75. The third-order valence-corrected chi connectivity index (χ3v) is 3.57. The highest BCUT2D eigenvalue weighted by Crippen LogP contribution is 2.41. The Balaban J connectivity index is 1.97. The molecule has 3 atom stereocenters. The van der Waals surface area contributed by atoms with E-state index < -0.39 is 0 Å². The molecule has 0 bridgehead atoms. The van der Waals surface area contributed by atoms with Crippen molar-refractivity contribution in [1.29, 1.82) is 0 Å². The van der Waals surface area contributed by atoms with Crippen LogP contribution in [0.25, 0.3) is 0 Å². The Hall–Kier alpha value is -1.57. The second-order valence-corrected chi connectivity index (χ2v) is 4.52. The van der Waals surface area contributed by atoms with E-state index in [-0.39, 0.29) is 17.8 Å². The van der Waals surface area contributed by atoms with E-state index in [0.717, 1.165) is 6.42 Å². The van der Waals surface area contributed by atoms with Gasteiger partial charge in [0.25, 0.3) is 0 Å². The van der Waals surface area contributed by atoms with E-state index in [9.17, 15) is 4.79 Å². The van der Waals surface area contributed by atoms with E-state index in [1.54, 1.807) is 0 Å². The summed E-state index contributed by atoms with van der Waals surface area (Å²) in [6.07, 6.45) is 5.31. The maximum absolute atomic E-state index is 11.7. The Bertz CT molecular complexity index is 422. The maximum Gasteiger partial charge on any atom is 0.310 e. The maximum atomic E-state index is 11.7. The van der Waals surface area contributed by atoms with Crippen LogP contribution in [0.2, 0.25) is 0 Å². The number of allylic oxidation sites excluding steroid dienone is 2. The monoisotopic (exact) mass is 214 g/mol. The molecular weight excluding hydrogens is 200 g/mol. The Kier molecular flexibility index (Phi) is 2.28. The van der Waals surface area contributed by atoms with E-state index >= 15 is 0 Å². The van der Waals surface area contributed by atoms with Crippen molar-refractivity contribution in [1.82, 2.24) is 0 Å². The normalized spacial score (nSPS) is 32.2. The van der Waals surface area contributed by atoms with Crippen molar-refractivity contribution in [3.05, 3.63) is 48.0 Å². The molecule has 0 aromatic heterocycles. The van der Waals surface area contributed by atoms with Crippen LogP contribution in [0.5, 0.6) is 0 Å². The zero-order valence-corrected chi connectivity index (χ0v) is 9.00. The molecule has 1 fully saturated rings. The summed E-state index contributed by atoms with van der Waals surface area (Å²) in [6.45, 7) is 0.594. The molecule has 1 aromatic carbocycles. The second kappa shape index (κ2) is 3.78. The summed E-state index contributed by atoms with van der Waals surface area (Å²) in [4.78, 5) is 11.7. The zero-order valence-electron chi connectivity index (χ0n) is 9.00. The minimum Gasteiger partial charge on any atom is -0.465 e. The minimum atomic E-state index is -0.0248. The summed E-state index contributed by atoms with van der Waals surface area (Å²) in [7, 11) is 0. The van der Waals surface area contributed by atoms with Crippen LogP contribution in [0, 0.1) is 11.8 Å². The number of fused-ring (bicyclic) bond motifs is 1. The molecule has 2 nitrogen and oxygen atoms in total. The van der Waals surface area contributed by atoms with Crippen molar-refractivity contribution in [2.45, 2.75) is 12.3 Å². The first-order chi connectivity index (χ1) is 7.86. The van der Waals surface area contributed by atoms with Crippen molar-refractivity contribution < 1.29 is 9.53 Å². The van der Waals surface area contributed by atoms with Crippen molar-refractivity contribution in [2.75, 3.05) is 6.61 Å². The smallest absolute Gasteiger partial charge is 0.310 e. The first kappa shape index (κ1) is 9.64. The highest BCUT2D eigenvalue weighted by molar-refractivity contribution is 5.77. The molecule has 16 heavy (non-hydrogen) atoms. The lowest BCUT2D eigenvalue weighted by molar-refractivity contribution is -0.141. The first-order valence-corrected chi connectivity index (χ1v) is 5.74. The molecule has 1 aromatic rings. The molecular formula is C14H14O2. The van der Waals surface area contributed by atoms with Gasteiger partial charge < -0.3 is 4.74 Å². The number of cyclic esters (lactones) is 1. The van der Waals surface area contributed by atoms with Gasteiger partial charge in [-0.05, 0) is 12.0 Å². The van der Waals surface area contributed by atoms with Crippen molar-refractivity contribution in [2.24, 2.45) is 11.8 Å². The topological polar surface area (TPSA) is 26.3 Å². The fourth-order valence-electron chi connectivity index (χ4n) is 2.75. The number of hydrogen-bond acceptors (Lipinski definition) is 2. The van der Waals surface area contributed by atoms with Crippen molar-refractivity contribution >= 4 is 5.97 Å². The molecule has 0 saturated carbocycles. The Labute approximate surface area is 94.9 Å². The van der Waals surface area contributed by atoms with Crippen LogP contribution < -0.4 is 0 Å². The third kappa shape index (κ3) is 1.45. The number of carbonyl (C=O) groups excluding carboxylic acids is 1. The van der Waals surface area contributed by atoms with Gasteiger partial charge in [-0.3, -0.25) is 4.79 Å². The average Bonchev–Trinajstić information content (AvgIpc) is 2.73. The number of ether oxygens (including phenoxy) is 1. The molecule has 0 N–H and O–H groups in total. The molecule has 2 heteroatoms. The third-order valence-electron chi connectivity index (χ3n) is 3.57. The lowest BCUT2D eigenvalue weighted by Crippen LogP contribution is -2.25. The van der Waals surface area contributed by atoms with E-state index in [0.29, 0.717) is 12.5 Å². The van der Waals surface area contributed by atoms with Gasteiger partial charge in [-0.1, -0.05) is 42.5 Å². The van der Waals surface area contributed by atoms with Crippen LogP contribution in [0.3, 0.4) is 0 Å². The minimum absolute atomic E-state index is 0.0248. The lowest BCUT2D eigenvalue weighted by Gasteiger charge is -2.26. The van der Waals surface area contributed by atoms with Gasteiger partial charge in [0.05, 0.1) is 12.5 Å². The van der Waals surface area contributed by atoms with Crippen LogP contribution in [-0.2, 0) is 9.53 Å². The predicted octanol–water partition coefficient (Wildman–Crippen LogP) is 2.52. The van der Waals surface area contributed by atoms with Gasteiger partial charge in [0.15, 0.2) is 0 Å². The molecule has 1 heterocycles. The fraction of sp³-hybridized carbons (Fsp3) is 0.357. The number of rotatable bonds is 1. The highest BCUT2D eigenvalue weighted by Gasteiger charge is 2.42. The number of esters is 1. The molecule has 2 aliphatic rings. The molecule has 1 aliphatic heterocycles. The number of hydrogen-bond donors (Lipinski definition) is 0. The Morgan fingerprint density at radius 2 is 2.00 bits per heavy atom. The van der Waals surface area contributed by atoms with Crippen molar-refractivity contribution in [3.63, 3.8) is 0 Å². The molecule has 0 radical (unpaired) electrons. The van der Waals surface area contributed by atoms with Crippen molar-refractivity contribution in [3.8, 4) is 0 Å². The van der Waals surface area contributed by atoms with Crippen LogP contribution in [0.1, 0.15) is 17.9 Å². The standard InChI is InChI=1S/C14H14O2/c15-14-13-11(9-16-14)7-4-8-12(13)10-5-2-1-3-6-10/h1-6,8,11-13H,7,9H2/t11-,12+,13+/m1/s1. The quantitative estimate of drug-likeness (QED) is 0.530. The van der Waals surface area contributed by atoms with E-state index in [2.05, 4.69) is 24.3 Å². The van der Waals surface area contributed by atoms with Gasteiger partial charge in [-0.15, -0.1) is 0 Å². The van der Waals surface area contributed by atoms with E-state index in [1.165, 1.54) is 5.56 Å². The summed E-state index contributed by atoms with van der Waals surface area (Å²) < 4.78 is 5.17. The molecule has 0 amide bonds. The predicted molar refractivity (Wildman–Crippen MR) is 60.9 cm³/mol. The molecule has 1 saturated heterocycles. The van der Waals surface area contributed by atoms with Gasteiger partial charge >= 0.3 is 5.97 Å². The lowest BCUT2D eigenvalue weighted by atomic mass is 9.74. The van der Waals surface area contributed by atoms with Gasteiger partial charge in [0.1, 0.15) is 0 Å². The molecule has 3 rings (SSSR count). The molecule has 82 valence electrons. The van der Waals surface area contributed by atoms with Crippen LogP contribution in [0.4, 0.5) is 0 Å². The largest absolute Gasteiger partial charge is 0.465 e. The summed E-state index contributed by atoms with van der Waals surface area (Å²) in [6, 6.07) is 10.2.